The number of anilines is 2. The molecule has 0 spiro atoms. The van der Waals surface area contributed by atoms with E-state index in [4.69, 9.17) is 5.73 Å². The smallest absolute Gasteiger partial charge is 0.284 e. The molecule has 0 aliphatic heterocycles. The van der Waals surface area contributed by atoms with Crippen LogP contribution in [0.5, 0.6) is 28.1 Å². The van der Waals surface area contributed by atoms with Crippen molar-refractivity contribution in [1.82, 2.24) is 10.3 Å². The van der Waals surface area contributed by atoms with Crippen molar-refractivity contribution in [2.24, 2.45) is 0 Å². The number of nitrogens with one attached hydrogen (secondary N) is 2. The number of rotatable bonds is 9. The van der Waals surface area contributed by atoms with Crippen LogP contribution in [0.2, 0.25) is 0 Å². The number of thiazole rings is 1. The van der Waals surface area contributed by atoms with Crippen molar-refractivity contribution in [3.63, 3.8) is 0 Å². The van der Waals surface area contributed by atoms with Crippen molar-refractivity contribution in [2.45, 2.75) is 24.5 Å². The normalized spacial score (nSPS) is 12.0. The average Bonchev–Trinajstić information content (AvgIpc) is 3.12. The van der Waals surface area contributed by atoms with Gasteiger partial charge >= 0.3 is 0 Å². The maximum absolute atomic E-state index is 12.3. The molecular formula is C21H24N4O10S. The van der Waals surface area contributed by atoms with Gasteiger partial charge in [-0.2, -0.15) is 0 Å². The number of nitrogens with two attached hydrogens (primary N) is 1. The molecule has 36 heavy (non-hydrogen) atoms. The maximum atomic E-state index is 12.3. The van der Waals surface area contributed by atoms with Crippen LogP contribution < -0.4 is 16.4 Å². The molecule has 1 amide bonds. The molecule has 1 heterocycles. The lowest BCUT2D eigenvalue weighted by Crippen LogP contribution is -2.61. The number of nitrogen functional groups attached to an aromatic ring is 1. The summed E-state index contributed by atoms with van der Waals surface area (Å²) in [6.45, 7) is -0.221. The third-order valence-corrected chi connectivity index (χ3v) is 5.87. The lowest BCUT2D eigenvalue weighted by molar-refractivity contribution is -0.379. The van der Waals surface area contributed by atoms with E-state index in [2.05, 4.69) is 4.98 Å². The minimum absolute atomic E-state index is 0.0308. The SMILES string of the molecule is Nc1nc(CC(=O)Nc2c(O)c(O)c(C(O)(O)C(O)(O)NCCc3ccccc3)c(O)c2O)c(O)s1. The molecule has 0 radical (unpaired) electrons. The summed E-state index contributed by atoms with van der Waals surface area (Å²) in [7, 11) is 0. The molecule has 0 saturated heterocycles. The zero-order chi connectivity index (χ0) is 26.8. The monoisotopic (exact) mass is 524 g/mol. The fourth-order valence-electron chi connectivity index (χ4n) is 3.28. The van der Waals surface area contributed by atoms with Crippen LogP contribution in [-0.2, 0) is 23.4 Å². The summed E-state index contributed by atoms with van der Waals surface area (Å²) in [5.41, 5.74) is 3.63. The van der Waals surface area contributed by atoms with Gasteiger partial charge in [0.05, 0.1) is 6.42 Å². The lowest BCUT2D eigenvalue weighted by Gasteiger charge is -2.36. The van der Waals surface area contributed by atoms with E-state index in [0.717, 1.165) is 5.56 Å². The Bertz CT molecular complexity index is 1230. The van der Waals surface area contributed by atoms with Crippen LogP contribution in [-0.4, -0.2) is 69.3 Å². The number of aromatic nitrogens is 1. The number of aromatic hydroxyl groups is 5. The minimum Gasteiger partial charge on any atom is -0.504 e. The zero-order valence-electron chi connectivity index (χ0n) is 18.4. The van der Waals surface area contributed by atoms with E-state index in [1.807, 2.05) is 10.6 Å². The lowest BCUT2D eigenvalue weighted by atomic mass is 9.97. The quantitative estimate of drug-likeness (QED) is 0.0915. The summed E-state index contributed by atoms with van der Waals surface area (Å²) >= 11 is 0.694. The molecule has 3 aromatic rings. The molecule has 0 aliphatic carbocycles. The highest BCUT2D eigenvalue weighted by atomic mass is 32.1. The Morgan fingerprint density at radius 2 is 1.53 bits per heavy atom. The van der Waals surface area contributed by atoms with Crippen molar-refractivity contribution in [3.8, 4) is 28.1 Å². The van der Waals surface area contributed by atoms with Gasteiger partial charge in [-0.1, -0.05) is 41.7 Å². The topological polar surface area (TPSA) is 262 Å². The molecule has 3 rings (SSSR count). The molecule has 14 nitrogen and oxygen atoms in total. The molecule has 13 N–H and O–H groups in total. The van der Waals surface area contributed by atoms with Crippen molar-refractivity contribution < 1.29 is 50.8 Å². The number of nitrogens with zero attached hydrogens (tertiary/aromatic N) is 1. The van der Waals surface area contributed by atoms with Crippen molar-refractivity contribution in [2.75, 3.05) is 17.6 Å². The first-order chi connectivity index (χ1) is 16.8. The van der Waals surface area contributed by atoms with E-state index < -0.39 is 58.3 Å². The molecule has 0 bridgehead atoms. The van der Waals surface area contributed by atoms with Crippen molar-refractivity contribution in [3.05, 3.63) is 47.2 Å². The number of phenolic OH excluding ortho intramolecular Hbond substituents is 4. The molecule has 1 aromatic heterocycles. The van der Waals surface area contributed by atoms with E-state index in [9.17, 15) is 50.8 Å². The van der Waals surface area contributed by atoms with Crippen LogP contribution in [0.3, 0.4) is 0 Å². The molecule has 194 valence electrons. The highest BCUT2D eigenvalue weighted by Crippen LogP contribution is 2.54. The van der Waals surface area contributed by atoms with Crippen molar-refractivity contribution >= 4 is 28.1 Å². The fraction of sp³-hybridized carbons (Fsp3) is 0.238. The standard InChI is InChI=1S/C21H24N4O10S/c22-19-24-10(18(31)36-19)8-11(26)25-13-16(29)14(27)12(15(28)17(13)30)20(32,33)21(34,35)23-7-6-9-4-2-1-3-5-9/h1-5,23,27-35H,6-8H2,(H2,22,24)(H,25,26). The van der Waals surface area contributed by atoms with Gasteiger partial charge in [-0.25, -0.2) is 4.98 Å². The summed E-state index contributed by atoms with van der Waals surface area (Å²) in [5, 5.41) is 95.9. The second-order valence-electron chi connectivity index (χ2n) is 7.68. The fourth-order valence-corrected chi connectivity index (χ4v) is 3.87. The van der Waals surface area contributed by atoms with E-state index >= 15 is 0 Å². The third kappa shape index (κ3) is 5.20. The van der Waals surface area contributed by atoms with E-state index in [-0.39, 0.29) is 28.9 Å². The van der Waals surface area contributed by atoms with Crippen LogP contribution in [0, 0.1) is 0 Å². The first-order valence-electron chi connectivity index (χ1n) is 10.2. The van der Waals surface area contributed by atoms with Crippen LogP contribution in [0.4, 0.5) is 10.8 Å². The molecule has 2 aromatic carbocycles. The summed E-state index contributed by atoms with van der Waals surface area (Å²) in [5.74, 6) is -14.2. The number of hydrogen-bond acceptors (Lipinski definition) is 14. The summed E-state index contributed by atoms with van der Waals surface area (Å²) in [6.07, 6.45) is -0.382. The molecule has 0 unspecified atom stereocenters. The van der Waals surface area contributed by atoms with E-state index in [1.165, 1.54) is 0 Å². The van der Waals surface area contributed by atoms with Gasteiger partial charge in [0.2, 0.25) is 5.91 Å². The number of aliphatic hydroxyl groups is 4. The maximum Gasteiger partial charge on any atom is 0.284 e. The molecular weight excluding hydrogens is 500 g/mol. The highest BCUT2D eigenvalue weighted by Gasteiger charge is 2.53. The predicted molar refractivity (Wildman–Crippen MR) is 125 cm³/mol. The first kappa shape index (κ1) is 26.7. The zero-order valence-corrected chi connectivity index (χ0v) is 19.2. The number of phenols is 4. The minimum atomic E-state index is -3.89. The van der Waals surface area contributed by atoms with Crippen LogP contribution in [0.25, 0.3) is 0 Å². The van der Waals surface area contributed by atoms with Crippen LogP contribution in [0.1, 0.15) is 16.8 Å². The predicted octanol–water partition coefficient (Wildman–Crippen LogP) is -0.957. The van der Waals surface area contributed by atoms with Gasteiger partial charge < -0.3 is 57.0 Å². The summed E-state index contributed by atoms with van der Waals surface area (Å²) in [4.78, 5) is 16.0. The highest BCUT2D eigenvalue weighted by molar-refractivity contribution is 7.17. The molecule has 0 atom stereocenters. The Kier molecular flexibility index (Phi) is 7.44. The van der Waals surface area contributed by atoms with Gasteiger partial charge in [-0.05, 0) is 12.0 Å². The number of benzene rings is 2. The number of carbonyl (C=O) groups is 1. The van der Waals surface area contributed by atoms with Crippen molar-refractivity contribution in [1.29, 1.82) is 0 Å². The second kappa shape index (κ2) is 10.0. The third-order valence-electron chi connectivity index (χ3n) is 5.14. The molecule has 0 fully saturated rings. The Morgan fingerprint density at radius 1 is 0.944 bits per heavy atom. The van der Waals surface area contributed by atoms with E-state index in [1.54, 1.807) is 30.3 Å². The van der Waals surface area contributed by atoms with Gasteiger partial charge in [-0.3, -0.25) is 10.1 Å². The Hall–Kier alpha value is -3.86. The largest absolute Gasteiger partial charge is 0.504 e. The molecule has 0 saturated carbocycles. The Morgan fingerprint density at radius 3 is 2.06 bits per heavy atom. The first-order valence-corrected chi connectivity index (χ1v) is 11.0. The van der Waals surface area contributed by atoms with Gasteiger partial charge in [-0.15, -0.1) is 0 Å². The summed E-state index contributed by atoms with van der Waals surface area (Å²) < 4.78 is 0. The molecule has 0 aliphatic rings. The van der Waals surface area contributed by atoms with Gasteiger partial charge in [0, 0.05) is 6.54 Å². The van der Waals surface area contributed by atoms with Gasteiger partial charge in [0.25, 0.3) is 11.7 Å². The number of amides is 1. The second-order valence-corrected chi connectivity index (χ2v) is 8.69. The summed E-state index contributed by atoms with van der Waals surface area (Å²) in [6, 6.07) is 8.70. The van der Waals surface area contributed by atoms with Gasteiger partial charge in [0.1, 0.15) is 16.9 Å². The van der Waals surface area contributed by atoms with Crippen LogP contribution >= 0.6 is 11.3 Å². The van der Waals surface area contributed by atoms with Crippen LogP contribution in [0.15, 0.2) is 30.3 Å². The number of carbonyl (C=O) groups excluding carboxylic acids is 1. The number of hydrogen-bond donors (Lipinski definition) is 12. The van der Waals surface area contributed by atoms with E-state index in [0.29, 0.717) is 11.3 Å². The average molecular weight is 525 g/mol. The Labute approximate surface area is 206 Å². The molecule has 15 heteroatoms. The van der Waals surface area contributed by atoms with Gasteiger partial charge in [0.15, 0.2) is 33.2 Å². The Balaban J connectivity index is 1.85.